The topological polar surface area (TPSA) is 83.0 Å². The van der Waals surface area contributed by atoms with E-state index in [2.05, 4.69) is 44.9 Å². The minimum absolute atomic E-state index is 0.00159. The molecule has 0 aliphatic carbocycles. The highest BCUT2D eigenvalue weighted by molar-refractivity contribution is 5.93. The van der Waals surface area contributed by atoms with Crippen molar-refractivity contribution in [1.29, 1.82) is 0 Å². The molecule has 1 aromatic carbocycles. The van der Waals surface area contributed by atoms with Crippen molar-refractivity contribution in [2.45, 2.75) is 31.5 Å². The fourth-order valence-electron chi connectivity index (χ4n) is 3.54. The van der Waals surface area contributed by atoms with Crippen LogP contribution in [0.25, 0.3) is 11.4 Å². The van der Waals surface area contributed by atoms with Gasteiger partial charge in [-0.3, -0.25) is 15.2 Å². The van der Waals surface area contributed by atoms with Gasteiger partial charge in [0.05, 0.1) is 5.56 Å². The second-order valence-corrected chi connectivity index (χ2v) is 7.29. The Morgan fingerprint density at radius 3 is 2.52 bits per heavy atom. The number of hydrogen-bond acceptors (Lipinski definition) is 6. The lowest BCUT2D eigenvalue weighted by Crippen LogP contribution is -2.48. The third-order valence-corrected chi connectivity index (χ3v) is 5.47. The predicted molar refractivity (Wildman–Crippen MR) is 111 cm³/mol. The number of benzene rings is 1. The molecule has 1 fully saturated rings. The molecular formula is C22H24N6O. The Hall–Kier alpha value is -3.16. The van der Waals surface area contributed by atoms with Crippen molar-refractivity contribution in [1.82, 2.24) is 30.7 Å². The lowest BCUT2D eigenvalue weighted by atomic mass is 9.98. The van der Waals surface area contributed by atoms with Crippen LogP contribution in [0, 0.1) is 0 Å². The molecule has 7 heteroatoms. The maximum Gasteiger partial charge on any atom is 0.257 e. The van der Waals surface area contributed by atoms with Gasteiger partial charge in [-0.25, -0.2) is 15.4 Å². The zero-order valence-electron chi connectivity index (χ0n) is 16.5. The van der Waals surface area contributed by atoms with Crippen LogP contribution >= 0.6 is 0 Å². The van der Waals surface area contributed by atoms with E-state index in [1.165, 1.54) is 5.56 Å². The van der Waals surface area contributed by atoms with Crippen molar-refractivity contribution in [2.75, 3.05) is 7.05 Å². The number of nitrogens with zero attached hydrogens (tertiary/aromatic N) is 4. The van der Waals surface area contributed by atoms with E-state index in [1.807, 2.05) is 37.4 Å². The smallest absolute Gasteiger partial charge is 0.257 e. The number of likely N-dealkylation sites (N-methyl/N-ethyl adjacent to an activating group) is 1. The summed E-state index contributed by atoms with van der Waals surface area (Å²) in [4.78, 5) is 27.4. The van der Waals surface area contributed by atoms with Gasteiger partial charge < -0.3 is 4.90 Å². The monoisotopic (exact) mass is 388 g/mol. The summed E-state index contributed by atoms with van der Waals surface area (Å²) in [6.07, 6.45) is 7.46. The number of carbonyl (C=O) groups is 1. The van der Waals surface area contributed by atoms with Crippen LogP contribution < -0.4 is 10.9 Å². The van der Waals surface area contributed by atoms with Gasteiger partial charge in [-0.2, -0.15) is 0 Å². The molecule has 1 saturated heterocycles. The van der Waals surface area contributed by atoms with Crippen molar-refractivity contribution in [3.63, 3.8) is 0 Å². The van der Waals surface area contributed by atoms with E-state index >= 15 is 0 Å². The molecule has 0 saturated carbocycles. The summed E-state index contributed by atoms with van der Waals surface area (Å²) in [7, 11) is 1.82. The molecule has 4 rings (SSSR count). The lowest BCUT2D eigenvalue weighted by molar-refractivity contribution is 0.0714. The summed E-state index contributed by atoms with van der Waals surface area (Å²) in [5, 5.41) is 0. The highest BCUT2D eigenvalue weighted by atomic mass is 16.2. The minimum Gasteiger partial charge on any atom is -0.337 e. The normalized spacial score (nSPS) is 19.7. The van der Waals surface area contributed by atoms with E-state index in [1.54, 1.807) is 29.7 Å². The molecule has 1 amide bonds. The van der Waals surface area contributed by atoms with Gasteiger partial charge in [-0.15, -0.1) is 0 Å². The molecule has 1 aliphatic rings. The standard InChI is InChI=1S/C22H24N6O/c1-15(19-11-20(27-26-19)16-7-4-3-5-8-16)28(2)22(29)18-13-24-21(25-14-18)17-9-6-10-23-12-17/h3-10,12-15,19-20,26-27H,11H2,1-2H3. The molecule has 29 heavy (non-hydrogen) atoms. The minimum atomic E-state index is -0.0970. The van der Waals surface area contributed by atoms with E-state index in [-0.39, 0.29) is 24.0 Å². The van der Waals surface area contributed by atoms with Gasteiger partial charge in [0.15, 0.2) is 5.82 Å². The molecule has 2 N–H and O–H groups in total. The van der Waals surface area contributed by atoms with Crippen LogP contribution in [0.4, 0.5) is 0 Å². The molecule has 7 nitrogen and oxygen atoms in total. The van der Waals surface area contributed by atoms with E-state index in [4.69, 9.17) is 0 Å². The van der Waals surface area contributed by atoms with E-state index in [9.17, 15) is 4.79 Å². The third-order valence-electron chi connectivity index (χ3n) is 5.47. The fourth-order valence-corrected chi connectivity index (χ4v) is 3.54. The van der Waals surface area contributed by atoms with Crippen LogP contribution in [-0.2, 0) is 0 Å². The summed E-state index contributed by atoms with van der Waals surface area (Å²) in [6.45, 7) is 2.05. The van der Waals surface area contributed by atoms with Gasteiger partial charge in [0, 0.05) is 55.5 Å². The number of hydrazine groups is 1. The molecule has 3 unspecified atom stereocenters. The number of carbonyl (C=O) groups excluding carboxylic acids is 1. The van der Waals surface area contributed by atoms with Crippen LogP contribution in [0.15, 0.2) is 67.3 Å². The predicted octanol–water partition coefficient (Wildman–Crippen LogP) is 2.61. The highest BCUT2D eigenvalue weighted by Gasteiger charge is 2.32. The van der Waals surface area contributed by atoms with Gasteiger partial charge >= 0.3 is 0 Å². The average molecular weight is 388 g/mol. The molecule has 1 aliphatic heterocycles. The Bertz CT molecular complexity index is 948. The SMILES string of the molecule is CC(C1CC(c2ccccc2)NN1)N(C)C(=O)c1cnc(-c2cccnc2)nc1. The van der Waals surface area contributed by atoms with E-state index in [0.717, 1.165) is 12.0 Å². The van der Waals surface area contributed by atoms with Gasteiger partial charge in [0.1, 0.15) is 0 Å². The second-order valence-electron chi connectivity index (χ2n) is 7.29. The van der Waals surface area contributed by atoms with Crippen molar-refractivity contribution >= 4 is 5.91 Å². The highest BCUT2D eigenvalue weighted by Crippen LogP contribution is 2.25. The average Bonchev–Trinajstić information content (AvgIpc) is 3.29. The Labute approximate surface area is 170 Å². The van der Waals surface area contributed by atoms with Crippen LogP contribution in [0.3, 0.4) is 0 Å². The summed E-state index contributed by atoms with van der Waals surface area (Å²) in [6, 6.07) is 14.4. The molecule has 0 bridgehead atoms. The fraction of sp³-hybridized carbons (Fsp3) is 0.273. The Morgan fingerprint density at radius 1 is 1.07 bits per heavy atom. The quantitative estimate of drug-likeness (QED) is 0.699. The first-order chi connectivity index (χ1) is 14.1. The first kappa shape index (κ1) is 19.2. The van der Waals surface area contributed by atoms with Gasteiger partial charge in [0.25, 0.3) is 5.91 Å². The Balaban J connectivity index is 1.41. The molecule has 148 valence electrons. The summed E-state index contributed by atoms with van der Waals surface area (Å²) in [5.74, 6) is 0.456. The molecule has 3 atom stereocenters. The maximum absolute atomic E-state index is 12.9. The Morgan fingerprint density at radius 2 is 1.83 bits per heavy atom. The van der Waals surface area contributed by atoms with E-state index in [0.29, 0.717) is 11.4 Å². The zero-order valence-corrected chi connectivity index (χ0v) is 16.5. The number of nitrogens with one attached hydrogen (secondary N) is 2. The van der Waals surface area contributed by atoms with Crippen molar-refractivity contribution in [3.8, 4) is 11.4 Å². The summed E-state index contributed by atoms with van der Waals surface area (Å²) in [5.41, 5.74) is 9.21. The molecule has 0 radical (unpaired) electrons. The molecule has 3 aromatic rings. The largest absolute Gasteiger partial charge is 0.337 e. The first-order valence-electron chi connectivity index (χ1n) is 9.69. The Kier molecular flexibility index (Phi) is 5.59. The zero-order chi connectivity index (χ0) is 20.2. The number of pyridine rings is 1. The number of hydrogen-bond donors (Lipinski definition) is 2. The van der Waals surface area contributed by atoms with Gasteiger partial charge in [-0.05, 0) is 31.0 Å². The van der Waals surface area contributed by atoms with Crippen LogP contribution in [0.1, 0.15) is 35.3 Å². The molecule has 2 aromatic heterocycles. The number of amides is 1. The lowest BCUT2D eigenvalue weighted by Gasteiger charge is -2.29. The molecule has 3 heterocycles. The van der Waals surface area contributed by atoms with Crippen LogP contribution in [0.5, 0.6) is 0 Å². The van der Waals surface area contributed by atoms with Crippen molar-refractivity contribution in [3.05, 3.63) is 78.4 Å². The van der Waals surface area contributed by atoms with Gasteiger partial charge in [-0.1, -0.05) is 30.3 Å². The number of rotatable bonds is 5. The van der Waals surface area contributed by atoms with Crippen molar-refractivity contribution in [2.24, 2.45) is 0 Å². The summed E-state index contributed by atoms with van der Waals surface area (Å²) >= 11 is 0. The second kappa shape index (κ2) is 8.46. The van der Waals surface area contributed by atoms with Gasteiger partial charge in [0.2, 0.25) is 0 Å². The van der Waals surface area contributed by atoms with Crippen LogP contribution in [0.2, 0.25) is 0 Å². The van der Waals surface area contributed by atoms with Crippen LogP contribution in [-0.4, -0.2) is 44.9 Å². The molecule has 0 spiro atoms. The first-order valence-corrected chi connectivity index (χ1v) is 9.69. The summed E-state index contributed by atoms with van der Waals surface area (Å²) < 4.78 is 0. The maximum atomic E-state index is 12.9. The van der Waals surface area contributed by atoms with E-state index < -0.39 is 0 Å². The molecular weight excluding hydrogens is 364 g/mol. The number of aromatic nitrogens is 3. The third kappa shape index (κ3) is 4.16. The van der Waals surface area contributed by atoms with Crippen molar-refractivity contribution < 1.29 is 4.79 Å².